The minimum atomic E-state index is 0.642. The molecule has 0 radical (unpaired) electrons. The Kier molecular flexibility index (Phi) is 10.5. The predicted molar refractivity (Wildman–Crippen MR) is 62.6 cm³/mol. The lowest BCUT2D eigenvalue weighted by molar-refractivity contribution is 0.188. The van der Waals surface area contributed by atoms with Crippen LogP contribution in [0.2, 0.25) is 0 Å². The first-order valence-corrected chi connectivity index (χ1v) is 5.68. The number of rotatable bonds is 10. The van der Waals surface area contributed by atoms with Crippen LogP contribution in [0.1, 0.15) is 39.0 Å². The quantitative estimate of drug-likeness (QED) is 0.431. The number of hydrogen-bond donors (Lipinski definition) is 1. The minimum absolute atomic E-state index is 0.642. The van der Waals surface area contributed by atoms with Crippen LogP contribution in [0.15, 0.2) is 12.7 Å². The molecule has 14 heavy (non-hydrogen) atoms. The third-order valence-corrected chi connectivity index (χ3v) is 2.30. The van der Waals surface area contributed by atoms with E-state index in [1.54, 1.807) is 7.11 Å². The van der Waals surface area contributed by atoms with Gasteiger partial charge in [0.2, 0.25) is 0 Å². The summed E-state index contributed by atoms with van der Waals surface area (Å²) in [5, 5.41) is 3.56. The summed E-state index contributed by atoms with van der Waals surface area (Å²) in [6.07, 6.45) is 7.87. The average molecular weight is 199 g/mol. The van der Waals surface area contributed by atoms with Crippen LogP contribution in [0.4, 0.5) is 0 Å². The van der Waals surface area contributed by atoms with Crippen molar-refractivity contribution < 1.29 is 4.74 Å². The van der Waals surface area contributed by atoms with Gasteiger partial charge in [0, 0.05) is 19.8 Å². The molecule has 0 fully saturated rings. The maximum atomic E-state index is 5.05. The van der Waals surface area contributed by atoms with E-state index in [1.807, 2.05) is 6.08 Å². The van der Waals surface area contributed by atoms with Crippen molar-refractivity contribution in [2.24, 2.45) is 0 Å². The van der Waals surface area contributed by atoms with Crippen molar-refractivity contribution in [1.82, 2.24) is 5.32 Å². The van der Waals surface area contributed by atoms with Gasteiger partial charge >= 0.3 is 0 Å². The molecule has 0 aliphatic heterocycles. The zero-order valence-corrected chi connectivity index (χ0v) is 9.72. The molecule has 1 unspecified atom stereocenters. The minimum Gasteiger partial charge on any atom is -0.385 e. The molecule has 0 aliphatic rings. The smallest absolute Gasteiger partial charge is 0.0462 e. The van der Waals surface area contributed by atoms with Gasteiger partial charge in [0.15, 0.2) is 0 Å². The number of nitrogens with one attached hydrogen (secondary N) is 1. The summed E-state index contributed by atoms with van der Waals surface area (Å²) >= 11 is 0. The SMILES string of the molecule is C=CCCC(CCCOC)NCCC. The molecule has 0 saturated heterocycles. The molecule has 0 rings (SSSR count). The summed E-state index contributed by atoms with van der Waals surface area (Å²) in [7, 11) is 1.76. The first-order valence-electron chi connectivity index (χ1n) is 5.68. The fourth-order valence-electron chi connectivity index (χ4n) is 1.49. The molecule has 0 bridgehead atoms. The molecule has 0 spiro atoms. The molecule has 0 aliphatic carbocycles. The van der Waals surface area contributed by atoms with Gasteiger partial charge in [-0.25, -0.2) is 0 Å². The highest BCUT2D eigenvalue weighted by Crippen LogP contribution is 2.05. The van der Waals surface area contributed by atoms with Crippen molar-refractivity contribution in [2.75, 3.05) is 20.3 Å². The summed E-state index contributed by atoms with van der Waals surface area (Å²) in [5.41, 5.74) is 0. The average Bonchev–Trinajstić information content (AvgIpc) is 2.21. The monoisotopic (exact) mass is 199 g/mol. The van der Waals surface area contributed by atoms with Crippen molar-refractivity contribution >= 4 is 0 Å². The van der Waals surface area contributed by atoms with E-state index in [4.69, 9.17) is 4.74 Å². The van der Waals surface area contributed by atoms with E-state index in [0.717, 1.165) is 26.0 Å². The predicted octanol–water partition coefficient (Wildman–Crippen LogP) is 2.75. The lowest BCUT2D eigenvalue weighted by atomic mass is 10.1. The van der Waals surface area contributed by atoms with E-state index >= 15 is 0 Å². The zero-order chi connectivity index (χ0) is 10.6. The van der Waals surface area contributed by atoms with Gasteiger partial charge in [-0.05, 0) is 38.6 Å². The highest BCUT2D eigenvalue weighted by atomic mass is 16.5. The fraction of sp³-hybridized carbons (Fsp3) is 0.833. The summed E-state index contributed by atoms with van der Waals surface area (Å²) in [6, 6.07) is 0.642. The normalized spacial score (nSPS) is 12.7. The van der Waals surface area contributed by atoms with Crippen molar-refractivity contribution in [3.05, 3.63) is 12.7 Å². The Morgan fingerprint density at radius 1 is 1.43 bits per heavy atom. The van der Waals surface area contributed by atoms with Gasteiger partial charge < -0.3 is 10.1 Å². The molecular formula is C12H25NO. The summed E-state index contributed by atoms with van der Waals surface area (Å²) in [6.45, 7) is 7.95. The Labute approximate surface area is 88.7 Å². The zero-order valence-electron chi connectivity index (χ0n) is 9.72. The standard InChI is InChI=1S/C12H25NO/c1-4-6-8-12(13-10-5-2)9-7-11-14-3/h4,12-13H,1,5-11H2,2-3H3. The molecule has 0 amide bonds. The van der Waals surface area contributed by atoms with Crippen LogP contribution < -0.4 is 5.32 Å². The van der Waals surface area contributed by atoms with Gasteiger partial charge in [-0.15, -0.1) is 6.58 Å². The van der Waals surface area contributed by atoms with E-state index in [-0.39, 0.29) is 0 Å². The number of hydrogen-bond acceptors (Lipinski definition) is 2. The molecule has 1 atom stereocenters. The van der Waals surface area contributed by atoms with E-state index in [9.17, 15) is 0 Å². The lowest BCUT2D eigenvalue weighted by Crippen LogP contribution is -2.29. The molecule has 0 aromatic heterocycles. The largest absolute Gasteiger partial charge is 0.385 e. The fourth-order valence-corrected chi connectivity index (χ4v) is 1.49. The summed E-state index contributed by atoms with van der Waals surface area (Å²) in [4.78, 5) is 0. The van der Waals surface area contributed by atoms with Gasteiger partial charge in [0.1, 0.15) is 0 Å². The van der Waals surface area contributed by atoms with Gasteiger partial charge in [0.05, 0.1) is 0 Å². The molecule has 0 aromatic rings. The Bertz CT molecular complexity index is 125. The van der Waals surface area contributed by atoms with Crippen LogP contribution >= 0.6 is 0 Å². The van der Waals surface area contributed by atoms with Crippen molar-refractivity contribution in [1.29, 1.82) is 0 Å². The van der Waals surface area contributed by atoms with E-state index in [0.29, 0.717) is 6.04 Å². The van der Waals surface area contributed by atoms with Gasteiger partial charge in [-0.3, -0.25) is 0 Å². The number of allylic oxidation sites excluding steroid dienone is 1. The van der Waals surface area contributed by atoms with E-state index in [1.165, 1.54) is 19.3 Å². The summed E-state index contributed by atoms with van der Waals surface area (Å²) < 4.78 is 5.05. The van der Waals surface area contributed by atoms with Crippen molar-refractivity contribution in [3.8, 4) is 0 Å². The maximum Gasteiger partial charge on any atom is 0.0462 e. The molecular weight excluding hydrogens is 174 g/mol. The van der Waals surface area contributed by atoms with Crippen molar-refractivity contribution in [2.45, 2.75) is 45.1 Å². The highest BCUT2D eigenvalue weighted by Gasteiger charge is 2.05. The molecule has 0 saturated carbocycles. The van der Waals surface area contributed by atoms with Crippen LogP contribution in [0.5, 0.6) is 0 Å². The highest BCUT2D eigenvalue weighted by molar-refractivity contribution is 4.73. The maximum absolute atomic E-state index is 5.05. The molecule has 1 N–H and O–H groups in total. The van der Waals surface area contributed by atoms with Crippen LogP contribution in [0.25, 0.3) is 0 Å². The number of methoxy groups -OCH3 is 1. The van der Waals surface area contributed by atoms with E-state index in [2.05, 4.69) is 18.8 Å². The molecule has 0 aromatic carbocycles. The van der Waals surface area contributed by atoms with Crippen LogP contribution in [-0.4, -0.2) is 26.3 Å². The second kappa shape index (κ2) is 10.7. The molecule has 2 nitrogen and oxygen atoms in total. The summed E-state index contributed by atoms with van der Waals surface area (Å²) in [5.74, 6) is 0. The topological polar surface area (TPSA) is 21.3 Å². The third-order valence-electron chi connectivity index (χ3n) is 2.30. The van der Waals surface area contributed by atoms with E-state index < -0.39 is 0 Å². The Morgan fingerprint density at radius 3 is 2.79 bits per heavy atom. The molecule has 84 valence electrons. The molecule has 0 heterocycles. The Morgan fingerprint density at radius 2 is 2.21 bits per heavy atom. The van der Waals surface area contributed by atoms with Gasteiger partial charge in [0.25, 0.3) is 0 Å². The first kappa shape index (κ1) is 13.7. The first-order chi connectivity index (χ1) is 6.85. The van der Waals surface area contributed by atoms with Gasteiger partial charge in [-0.2, -0.15) is 0 Å². The third kappa shape index (κ3) is 8.27. The lowest BCUT2D eigenvalue weighted by Gasteiger charge is -2.17. The van der Waals surface area contributed by atoms with Crippen molar-refractivity contribution in [3.63, 3.8) is 0 Å². The Hall–Kier alpha value is -0.340. The van der Waals surface area contributed by atoms with Gasteiger partial charge in [-0.1, -0.05) is 13.0 Å². The van der Waals surface area contributed by atoms with Crippen LogP contribution in [0.3, 0.4) is 0 Å². The molecule has 2 heteroatoms. The number of ether oxygens (including phenoxy) is 1. The van der Waals surface area contributed by atoms with Crippen LogP contribution in [0, 0.1) is 0 Å². The van der Waals surface area contributed by atoms with Crippen LogP contribution in [-0.2, 0) is 4.74 Å². The Balaban J connectivity index is 3.54. The second-order valence-electron chi connectivity index (χ2n) is 3.65. The second-order valence-corrected chi connectivity index (χ2v) is 3.65.